The second-order valence-electron chi connectivity index (χ2n) is 9.00. The molecule has 0 spiro atoms. The number of benzene rings is 1. The number of nitrogens with one attached hydrogen (secondary N) is 2. The van der Waals surface area contributed by atoms with Crippen LogP contribution in [0.4, 0.5) is 17.6 Å². The summed E-state index contributed by atoms with van der Waals surface area (Å²) in [6.07, 6.45) is 2.11. The first kappa shape index (κ1) is 25.6. The average Bonchev–Trinajstić information content (AvgIpc) is 2.74. The van der Waals surface area contributed by atoms with Gasteiger partial charge >= 0.3 is 0 Å². The van der Waals surface area contributed by atoms with Gasteiger partial charge in [0, 0.05) is 13.5 Å². The number of carbonyl (C=O) groups excluding carboxylic acids is 1. The zero-order chi connectivity index (χ0) is 25.0. The molecule has 34 heavy (non-hydrogen) atoms. The van der Waals surface area contributed by atoms with Crippen molar-refractivity contribution in [1.82, 2.24) is 15.0 Å². The minimum Gasteiger partial charge on any atom is -0.482 e. The number of likely N-dealkylation sites (N-methyl/N-ethyl adjacent to an activating group) is 1. The Hall–Kier alpha value is -2.99. The molecule has 11 nitrogen and oxygen atoms in total. The van der Waals surface area contributed by atoms with Crippen LogP contribution in [0.1, 0.15) is 44.5 Å². The maximum atomic E-state index is 11.8. The summed E-state index contributed by atoms with van der Waals surface area (Å²) in [4.78, 5) is 26.3. The molecule has 1 aliphatic rings. The van der Waals surface area contributed by atoms with E-state index in [9.17, 15) is 18.3 Å². The van der Waals surface area contributed by atoms with E-state index < -0.39 is 10.0 Å². The number of aliphatic hydroxyl groups is 1. The Balaban J connectivity index is 1.86. The number of hydrogen-bond acceptors (Lipinski definition) is 9. The average molecular weight is 493 g/mol. The van der Waals surface area contributed by atoms with E-state index in [2.05, 4.69) is 25.0 Å². The first-order valence-electron chi connectivity index (χ1n) is 11.1. The summed E-state index contributed by atoms with van der Waals surface area (Å²) in [6.45, 7) is 5.95. The van der Waals surface area contributed by atoms with Gasteiger partial charge in [-0.25, -0.2) is 8.42 Å². The highest BCUT2D eigenvalue weighted by molar-refractivity contribution is 7.91. The second kappa shape index (κ2) is 10.5. The van der Waals surface area contributed by atoms with Crippen LogP contribution in [-0.2, 0) is 21.2 Å². The molecule has 2 atom stereocenters. The lowest BCUT2D eigenvalue weighted by molar-refractivity contribution is -0.120. The summed E-state index contributed by atoms with van der Waals surface area (Å²) in [5.74, 6) is 1.31. The fourth-order valence-corrected chi connectivity index (χ4v) is 4.13. The van der Waals surface area contributed by atoms with Crippen molar-refractivity contribution in [2.75, 3.05) is 41.5 Å². The highest BCUT2D eigenvalue weighted by Gasteiger charge is 2.23. The van der Waals surface area contributed by atoms with E-state index in [1.807, 2.05) is 39.0 Å². The van der Waals surface area contributed by atoms with E-state index in [1.165, 1.54) is 0 Å². The minimum atomic E-state index is -3.59. The number of hydrogen-bond donors (Lipinski definition) is 3. The maximum Gasteiger partial charge on any atom is 0.264 e. The van der Waals surface area contributed by atoms with Gasteiger partial charge in [-0.05, 0) is 36.0 Å². The summed E-state index contributed by atoms with van der Waals surface area (Å²) in [7, 11) is -1.88. The molecule has 0 fully saturated rings. The maximum absolute atomic E-state index is 11.8. The van der Waals surface area contributed by atoms with Crippen molar-refractivity contribution in [2.45, 2.75) is 45.6 Å². The van der Waals surface area contributed by atoms with E-state index in [4.69, 9.17) is 4.74 Å². The lowest BCUT2D eigenvalue weighted by atomic mass is 9.96. The number of aliphatic hydroxyl groups excluding tert-OH is 1. The van der Waals surface area contributed by atoms with E-state index in [0.29, 0.717) is 36.0 Å². The SMILES string of the molecule is CC(C)CC(CO)Nc1nc(CC(C)c2ccc3c(c2)OCC(=O)N3C)nc(NS(C)(=O)=O)n1. The highest BCUT2D eigenvalue weighted by atomic mass is 32.2. The first-order chi connectivity index (χ1) is 15.9. The largest absolute Gasteiger partial charge is 0.482 e. The number of sulfonamides is 1. The Morgan fingerprint density at radius 2 is 1.88 bits per heavy atom. The third-order valence-corrected chi connectivity index (χ3v) is 5.95. The molecule has 3 N–H and O–H groups in total. The molecule has 2 unspecified atom stereocenters. The van der Waals surface area contributed by atoms with Crippen molar-refractivity contribution in [3.8, 4) is 5.75 Å². The second-order valence-corrected chi connectivity index (χ2v) is 10.7. The number of anilines is 3. The van der Waals surface area contributed by atoms with Gasteiger partial charge in [0.2, 0.25) is 21.9 Å². The molecule has 0 bridgehead atoms. The van der Waals surface area contributed by atoms with Crippen molar-refractivity contribution in [1.29, 1.82) is 0 Å². The fraction of sp³-hybridized carbons (Fsp3) is 0.545. The predicted molar refractivity (Wildman–Crippen MR) is 130 cm³/mol. The third kappa shape index (κ3) is 6.76. The first-order valence-corrected chi connectivity index (χ1v) is 13.0. The zero-order valence-electron chi connectivity index (χ0n) is 20.1. The Bertz CT molecular complexity index is 1140. The highest BCUT2D eigenvalue weighted by Crippen LogP contribution is 2.34. The van der Waals surface area contributed by atoms with Crippen LogP contribution in [0.15, 0.2) is 18.2 Å². The number of fused-ring (bicyclic) bond motifs is 1. The van der Waals surface area contributed by atoms with Gasteiger partial charge in [0.15, 0.2) is 6.61 Å². The van der Waals surface area contributed by atoms with E-state index in [1.54, 1.807) is 11.9 Å². The van der Waals surface area contributed by atoms with Gasteiger partial charge in [0.25, 0.3) is 5.91 Å². The van der Waals surface area contributed by atoms with Gasteiger partial charge < -0.3 is 20.1 Å². The van der Waals surface area contributed by atoms with Crippen LogP contribution in [0.3, 0.4) is 0 Å². The molecule has 12 heteroatoms. The minimum absolute atomic E-state index is 0.00719. The Morgan fingerprint density at radius 1 is 1.18 bits per heavy atom. The molecule has 1 amide bonds. The molecular formula is C22H32N6O5S. The Labute approximate surface area is 200 Å². The summed E-state index contributed by atoms with van der Waals surface area (Å²) < 4.78 is 31.4. The lowest BCUT2D eigenvalue weighted by Crippen LogP contribution is -2.35. The summed E-state index contributed by atoms with van der Waals surface area (Å²) in [5.41, 5.74) is 1.67. The molecule has 1 aromatic carbocycles. The molecule has 0 saturated carbocycles. The fourth-order valence-electron chi connectivity index (χ4n) is 3.71. The number of amides is 1. The molecule has 2 heterocycles. The summed E-state index contributed by atoms with van der Waals surface area (Å²) in [5, 5.41) is 12.8. The van der Waals surface area contributed by atoms with Crippen molar-refractivity contribution in [2.24, 2.45) is 5.92 Å². The zero-order valence-corrected chi connectivity index (χ0v) is 20.9. The Morgan fingerprint density at radius 3 is 2.53 bits per heavy atom. The van der Waals surface area contributed by atoms with Crippen LogP contribution in [0.5, 0.6) is 5.75 Å². The molecule has 1 aliphatic heterocycles. The van der Waals surface area contributed by atoms with Gasteiger partial charge in [-0.2, -0.15) is 15.0 Å². The lowest BCUT2D eigenvalue weighted by Gasteiger charge is -2.27. The van der Waals surface area contributed by atoms with Crippen LogP contribution < -0.4 is 19.7 Å². The standard InChI is InChI=1S/C22H32N6O5S/c1-13(2)8-16(11-29)23-21-24-19(25-22(26-21)27-34(5,31)32)9-14(3)15-6-7-17-18(10-15)33-12-20(30)28(17)4/h6-7,10,13-14,16,29H,8-9,11-12H2,1-5H3,(H2,23,24,25,26,27). The molecular weight excluding hydrogens is 460 g/mol. The Kier molecular flexibility index (Phi) is 7.93. The molecule has 2 aromatic rings. The monoisotopic (exact) mass is 492 g/mol. The van der Waals surface area contributed by atoms with Gasteiger partial charge in [0.05, 0.1) is 24.6 Å². The van der Waals surface area contributed by atoms with E-state index >= 15 is 0 Å². The molecule has 1 aromatic heterocycles. The van der Waals surface area contributed by atoms with Crippen LogP contribution in [0.2, 0.25) is 0 Å². The van der Waals surface area contributed by atoms with Crippen molar-refractivity contribution in [3.05, 3.63) is 29.6 Å². The van der Waals surface area contributed by atoms with Crippen LogP contribution >= 0.6 is 0 Å². The van der Waals surface area contributed by atoms with Crippen LogP contribution in [-0.4, -0.2) is 66.9 Å². The molecule has 0 aliphatic carbocycles. The number of aromatic nitrogens is 3. The quantitative estimate of drug-likeness (QED) is 0.451. The van der Waals surface area contributed by atoms with Gasteiger partial charge in [0.1, 0.15) is 11.6 Å². The van der Waals surface area contributed by atoms with Crippen LogP contribution in [0, 0.1) is 5.92 Å². The summed E-state index contributed by atoms with van der Waals surface area (Å²) >= 11 is 0. The van der Waals surface area contributed by atoms with Crippen LogP contribution in [0.25, 0.3) is 0 Å². The van der Waals surface area contributed by atoms with Crippen molar-refractivity contribution in [3.63, 3.8) is 0 Å². The normalized spacial score (nSPS) is 15.5. The molecule has 186 valence electrons. The van der Waals surface area contributed by atoms with Gasteiger partial charge in [-0.3, -0.25) is 9.52 Å². The van der Waals surface area contributed by atoms with E-state index in [0.717, 1.165) is 11.8 Å². The van der Waals surface area contributed by atoms with Crippen molar-refractivity contribution >= 4 is 33.5 Å². The molecule has 3 rings (SSSR count). The van der Waals surface area contributed by atoms with Gasteiger partial charge in [-0.1, -0.05) is 26.8 Å². The summed E-state index contributed by atoms with van der Waals surface area (Å²) in [6, 6.07) is 5.37. The molecule has 0 saturated heterocycles. The number of carbonyl (C=O) groups is 1. The number of rotatable bonds is 10. The predicted octanol–water partition coefficient (Wildman–Crippen LogP) is 1.76. The number of ether oxygens (including phenoxy) is 1. The topological polar surface area (TPSA) is 147 Å². The number of nitrogens with zero attached hydrogens (tertiary/aromatic N) is 4. The van der Waals surface area contributed by atoms with Gasteiger partial charge in [-0.15, -0.1) is 0 Å². The van der Waals surface area contributed by atoms with Crippen molar-refractivity contribution < 1.29 is 23.1 Å². The third-order valence-electron chi connectivity index (χ3n) is 5.40. The molecule has 0 radical (unpaired) electrons. The smallest absolute Gasteiger partial charge is 0.264 e. The van der Waals surface area contributed by atoms with E-state index in [-0.39, 0.29) is 43.0 Å².